The van der Waals surface area contributed by atoms with E-state index in [-0.39, 0.29) is 17.9 Å². The van der Waals surface area contributed by atoms with Crippen molar-refractivity contribution in [2.75, 3.05) is 27.3 Å². The van der Waals surface area contributed by atoms with Gasteiger partial charge in [0.15, 0.2) is 0 Å². The van der Waals surface area contributed by atoms with Gasteiger partial charge in [-0.25, -0.2) is 0 Å². The number of methoxy groups -OCH3 is 2. The van der Waals surface area contributed by atoms with Gasteiger partial charge in [-0.3, -0.25) is 9.59 Å². The second kappa shape index (κ2) is 7.95. The van der Waals surface area contributed by atoms with Crippen molar-refractivity contribution in [1.82, 2.24) is 10.2 Å². The number of furan rings is 1. The van der Waals surface area contributed by atoms with Gasteiger partial charge in [0, 0.05) is 19.1 Å². The van der Waals surface area contributed by atoms with Crippen LogP contribution in [0.25, 0.3) is 0 Å². The zero-order valence-electron chi connectivity index (χ0n) is 14.9. The topological polar surface area (TPSA) is 81.0 Å². The molecule has 2 aromatic rings. The highest BCUT2D eigenvalue weighted by molar-refractivity contribution is 5.97. The summed E-state index contributed by atoms with van der Waals surface area (Å²) in [5, 5.41) is 3.02. The van der Waals surface area contributed by atoms with Crippen LogP contribution in [0, 0.1) is 0 Å². The SMILES string of the molecule is COc1ccc(OC)c(C(=O)NC2CCN(C(=O)c3ccoc3)CC2)c1. The van der Waals surface area contributed by atoms with Crippen LogP contribution < -0.4 is 14.8 Å². The van der Waals surface area contributed by atoms with Gasteiger partial charge in [-0.05, 0) is 37.1 Å². The second-order valence-electron chi connectivity index (χ2n) is 6.12. The molecule has 0 unspecified atom stereocenters. The molecule has 2 amide bonds. The fraction of sp³-hybridized carbons (Fsp3) is 0.368. The van der Waals surface area contributed by atoms with Gasteiger partial charge >= 0.3 is 0 Å². The predicted molar refractivity (Wildman–Crippen MR) is 94.6 cm³/mol. The zero-order chi connectivity index (χ0) is 18.5. The molecule has 0 saturated carbocycles. The van der Waals surface area contributed by atoms with Crippen LogP contribution in [-0.2, 0) is 0 Å². The van der Waals surface area contributed by atoms with Crippen LogP contribution >= 0.6 is 0 Å². The van der Waals surface area contributed by atoms with Crippen molar-refractivity contribution < 1.29 is 23.5 Å². The van der Waals surface area contributed by atoms with Crippen LogP contribution in [0.1, 0.15) is 33.6 Å². The smallest absolute Gasteiger partial charge is 0.257 e. The van der Waals surface area contributed by atoms with Crippen molar-refractivity contribution in [3.8, 4) is 11.5 Å². The summed E-state index contributed by atoms with van der Waals surface area (Å²) in [5.41, 5.74) is 0.984. The molecule has 1 saturated heterocycles. The van der Waals surface area contributed by atoms with Crippen LogP contribution in [-0.4, -0.2) is 50.1 Å². The number of carbonyl (C=O) groups is 2. The Morgan fingerprint density at radius 2 is 1.92 bits per heavy atom. The molecule has 0 spiro atoms. The molecule has 1 aromatic heterocycles. The van der Waals surface area contributed by atoms with E-state index < -0.39 is 0 Å². The van der Waals surface area contributed by atoms with Gasteiger partial charge in [-0.2, -0.15) is 0 Å². The van der Waals surface area contributed by atoms with E-state index >= 15 is 0 Å². The molecule has 0 aliphatic carbocycles. The number of nitrogens with zero attached hydrogens (tertiary/aromatic N) is 1. The first-order valence-electron chi connectivity index (χ1n) is 8.46. The number of piperidine rings is 1. The molecule has 2 heterocycles. The van der Waals surface area contributed by atoms with E-state index in [1.165, 1.54) is 19.6 Å². The Hall–Kier alpha value is -2.96. The molecule has 1 aliphatic heterocycles. The van der Waals surface area contributed by atoms with Crippen LogP contribution in [0.15, 0.2) is 41.2 Å². The molecule has 7 nitrogen and oxygen atoms in total. The molecular weight excluding hydrogens is 336 g/mol. The fourth-order valence-electron chi connectivity index (χ4n) is 3.05. The normalized spacial score (nSPS) is 14.8. The van der Waals surface area contributed by atoms with Gasteiger partial charge < -0.3 is 24.1 Å². The van der Waals surface area contributed by atoms with Gasteiger partial charge in [0.05, 0.1) is 31.6 Å². The maximum absolute atomic E-state index is 12.6. The van der Waals surface area contributed by atoms with Crippen molar-refractivity contribution >= 4 is 11.8 Å². The van der Waals surface area contributed by atoms with Gasteiger partial charge in [-0.15, -0.1) is 0 Å². The Morgan fingerprint density at radius 1 is 1.15 bits per heavy atom. The molecule has 0 bridgehead atoms. The average molecular weight is 358 g/mol. The molecule has 0 radical (unpaired) electrons. The highest BCUT2D eigenvalue weighted by atomic mass is 16.5. The minimum Gasteiger partial charge on any atom is -0.497 e. The van der Waals surface area contributed by atoms with E-state index in [2.05, 4.69) is 5.32 Å². The number of hydrogen-bond acceptors (Lipinski definition) is 5. The maximum Gasteiger partial charge on any atom is 0.257 e. The van der Waals surface area contributed by atoms with E-state index in [0.29, 0.717) is 48.6 Å². The lowest BCUT2D eigenvalue weighted by atomic mass is 10.0. The summed E-state index contributed by atoms with van der Waals surface area (Å²) in [7, 11) is 3.08. The summed E-state index contributed by atoms with van der Waals surface area (Å²) in [6.07, 6.45) is 4.33. The molecule has 138 valence electrons. The molecule has 26 heavy (non-hydrogen) atoms. The lowest BCUT2D eigenvalue weighted by molar-refractivity contribution is 0.0697. The number of ether oxygens (including phenoxy) is 2. The molecule has 7 heteroatoms. The van der Waals surface area contributed by atoms with Gasteiger partial charge in [0.2, 0.25) is 0 Å². The van der Waals surface area contributed by atoms with Crippen molar-refractivity contribution in [3.05, 3.63) is 47.9 Å². The number of likely N-dealkylation sites (tertiary alicyclic amines) is 1. The Labute approximate surface area is 151 Å². The predicted octanol–water partition coefficient (Wildman–Crippen LogP) is 2.33. The molecule has 1 aliphatic rings. The van der Waals surface area contributed by atoms with E-state index in [1.54, 1.807) is 36.3 Å². The summed E-state index contributed by atoms with van der Waals surface area (Å²) >= 11 is 0. The number of hydrogen-bond donors (Lipinski definition) is 1. The highest BCUT2D eigenvalue weighted by Gasteiger charge is 2.26. The van der Waals surface area contributed by atoms with E-state index in [1.807, 2.05) is 0 Å². The fourth-order valence-corrected chi connectivity index (χ4v) is 3.05. The quantitative estimate of drug-likeness (QED) is 0.887. The van der Waals surface area contributed by atoms with Gasteiger partial charge in [0.25, 0.3) is 11.8 Å². The number of rotatable bonds is 5. The summed E-state index contributed by atoms with van der Waals surface area (Å²) in [5.74, 6) is 0.839. The Morgan fingerprint density at radius 3 is 2.54 bits per heavy atom. The summed E-state index contributed by atoms with van der Waals surface area (Å²) < 4.78 is 15.4. The van der Waals surface area contributed by atoms with Crippen LogP contribution in [0.3, 0.4) is 0 Å². The minimum absolute atomic E-state index is 0.00630. The third kappa shape index (κ3) is 3.82. The molecule has 1 N–H and O–H groups in total. The molecule has 1 fully saturated rings. The van der Waals surface area contributed by atoms with E-state index in [9.17, 15) is 9.59 Å². The molecule has 1 aromatic carbocycles. The monoisotopic (exact) mass is 358 g/mol. The first-order valence-corrected chi connectivity index (χ1v) is 8.46. The third-order valence-corrected chi connectivity index (χ3v) is 4.54. The first kappa shape index (κ1) is 17.8. The minimum atomic E-state index is -0.208. The summed E-state index contributed by atoms with van der Waals surface area (Å²) in [6.45, 7) is 1.18. The molecule has 3 rings (SSSR count). The largest absolute Gasteiger partial charge is 0.497 e. The van der Waals surface area contributed by atoms with Crippen LogP contribution in [0.4, 0.5) is 0 Å². The van der Waals surface area contributed by atoms with Crippen molar-refractivity contribution in [2.24, 2.45) is 0 Å². The van der Waals surface area contributed by atoms with Gasteiger partial charge in [-0.1, -0.05) is 0 Å². The van der Waals surface area contributed by atoms with Crippen molar-refractivity contribution in [3.63, 3.8) is 0 Å². The third-order valence-electron chi connectivity index (χ3n) is 4.54. The molecular formula is C19H22N2O5. The lowest BCUT2D eigenvalue weighted by Crippen LogP contribution is -2.46. The summed E-state index contributed by atoms with van der Waals surface area (Å²) in [4.78, 5) is 26.7. The van der Waals surface area contributed by atoms with E-state index in [4.69, 9.17) is 13.9 Å². The van der Waals surface area contributed by atoms with Crippen molar-refractivity contribution in [1.29, 1.82) is 0 Å². The highest BCUT2D eigenvalue weighted by Crippen LogP contribution is 2.24. The lowest BCUT2D eigenvalue weighted by Gasteiger charge is -2.32. The Kier molecular flexibility index (Phi) is 5.46. The first-order chi connectivity index (χ1) is 12.6. The summed E-state index contributed by atoms with van der Waals surface area (Å²) in [6, 6.07) is 6.78. The number of amides is 2. The van der Waals surface area contributed by atoms with Crippen molar-refractivity contribution in [2.45, 2.75) is 18.9 Å². The van der Waals surface area contributed by atoms with Crippen LogP contribution in [0.2, 0.25) is 0 Å². The van der Waals surface area contributed by atoms with Gasteiger partial charge in [0.1, 0.15) is 17.8 Å². The second-order valence-corrected chi connectivity index (χ2v) is 6.12. The Balaban J connectivity index is 1.59. The van der Waals surface area contributed by atoms with Crippen LogP contribution in [0.5, 0.6) is 11.5 Å². The zero-order valence-corrected chi connectivity index (χ0v) is 14.9. The Bertz CT molecular complexity index is 764. The standard InChI is InChI=1S/C19H22N2O5/c1-24-15-3-4-17(25-2)16(11-15)18(22)20-14-5-8-21(9-6-14)19(23)13-7-10-26-12-13/h3-4,7,10-12,14H,5-6,8-9H2,1-2H3,(H,20,22). The number of nitrogens with one attached hydrogen (secondary N) is 1. The number of benzene rings is 1. The van der Waals surface area contributed by atoms with E-state index in [0.717, 1.165) is 0 Å². The number of carbonyl (C=O) groups excluding carboxylic acids is 2. The molecule has 0 atom stereocenters. The maximum atomic E-state index is 12.6. The average Bonchev–Trinajstić information content (AvgIpc) is 3.22.